The number of Topliss-reactive ketones (excluding diaryl/α,β-unsaturated/α-hetero) is 1. The fraction of sp³-hybridized carbons (Fsp3) is 0.417. The molecule has 3 aromatic rings. The molecule has 2 amide bonds. The summed E-state index contributed by atoms with van der Waals surface area (Å²) in [5, 5.41) is 0. The van der Waals surface area contributed by atoms with Crippen LogP contribution in [0.25, 0.3) is 11.1 Å². The first-order valence-electron chi connectivity index (χ1n) is 15.3. The summed E-state index contributed by atoms with van der Waals surface area (Å²) in [5.41, 5.74) is 4.14. The van der Waals surface area contributed by atoms with Gasteiger partial charge in [-0.3, -0.25) is 9.59 Å². The molecular weight excluding hydrogens is 556 g/mol. The highest BCUT2D eigenvalue weighted by atomic mass is 16.6. The Bertz CT molecular complexity index is 1480. The molecule has 0 saturated carbocycles. The first-order chi connectivity index (χ1) is 21.1. The molecule has 2 aliphatic heterocycles. The van der Waals surface area contributed by atoms with Crippen LogP contribution in [0.2, 0.25) is 0 Å². The van der Waals surface area contributed by atoms with E-state index in [1.54, 1.807) is 16.9 Å². The van der Waals surface area contributed by atoms with E-state index in [1.807, 2.05) is 63.2 Å². The Morgan fingerprint density at radius 3 is 2.50 bits per heavy atom. The quantitative estimate of drug-likeness (QED) is 0.270. The lowest BCUT2D eigenvalue weighted by Gasteiger charge is -2.39. The van der Waals surface area contributed by atoms with Crippen LogP contribution in [0.5, 0.6) is 5.75 Å². The van der Waals surface area contributed by atoms with E-state index in [-0.39, 0.29) is 37.2 Å². The molecule has 5 rings (SSSR count). The number of fused-ring (bicyclic) bond motifs is 1. The van der Waals surface area contributed by atoms with Crippen LogP contribution in [0.1, 0.15) is 50.7 Å². The van der Waals surface area contributed by atoms with Crippen LogP contribution in [0.15, 0.2) is 72.8 Å². The molecular formula is C36H42N2O6. The molecule has 1 fully saturated rings. The van der Waals surface area contributed by atoms with E-state index in [4.69, 9.17) is 14.2 Å². The topological polar surface area (TPSA) is 85.4 Å². The Morgan fingerprint density at radius 1 is 0.977 bits per heavy atom. The van der Waals surface area contributed by atoms with Gasteiger partial charge in [-0.2, -0.15) is 0 Å². The van der Waals surface area contributed by atoms with Crippen LogP contribution in [0, 0.1) is 5.92 Å². The van der Waals surface area contributed by atoms with E-state index in [2.05, 4.69) is 30.3 Å². The maximum absolute atomic E-state index is 14.2. The van der Waals surface area contributed by atoms with Crippen LogP contribution in [0.3, 0.4) is 0 Å². The smallest absolute Gasteiger partial charge is 0.410 e. The van der Waals surface area contributed by atoms with Crippen molar-refractivity contribution < 1.29 is 28.6 Å². The van der Waals surface area contributed by atoms with E-state index in [0.29, 0.717) is 44.0 Å². The second-order valence-electron chi connectivity index (χ2n) is 12.5. The number of hydrogen-bond donors (Lipinski definition) is 0. The van der Waals surface area contributed by atoms with Crippen LogP contribution in [0.4, 0.5) is 10.5 Å². The number of hydrogen-bond acceptors (Lipinski definition) is 6. The average molecular weight is 599 g/mol. The molecule has 2 atom stereocenters. The number of benzene rings is 3. The molecule has 2 aliphatic rings. The zero-order valence-electron chi connectivity index (χ0n) is 26.1. The number of rotatable bonds is 9. The first-order valence-corrected chi connectivity index (χ1v) is 15.3. The van der Waals surface area contributed by atoms with Crippen molar-refractivity contribution >= 4 is 23.5 Å². The van der Waals surface area contributed by atoms with Gasteiger partial charge in [-0.05, 0) is 73.9 Å². The molecule has 0 N–H and O–H groups in total. The molecule has 3 aromatic carbocycles. The fourth-order valence-electron chi connectivity index (χ4n) is 6.05. The van der Waals surface area contributed by atoms with Gasteiger partial charge in [0.2, 0.25) is 0 Å². The number of piperidine rings is 1. The van der Waals surface area contributed by atoms with E-state index < -0.39 is 17.6 Å². The van der Waals surface area contributed by atoms with Gasteiger partial charge in [-0.25, -0.2) is 4.79 Å². The monoisotopic (exact) mass is 598 g/mol. The van der Waals surface area contributed by atoms with E-state index in [0.717, 1.165) is 22.3 Å². The van der Waals surface area contributed by atoms with Gasteiger partial charge in [0.15, 0.2) is 6.61 Å². The Morgan fingerprint density at radius 2 is 1.75 bits per heavy atom. The number of carbonyl (C=O) groups is 3. The van der Waals surface area contributed by atoms with Gasteiger partial charge in [-0.1, -0.05) is 60.7 Å². The number of amides is 2. The zero-order valence-corrected chi connectivity index (χ0v) is 26.1. The van der Waals surface area contributed by atoms with E-state index in [9.17, 15) is 14.4 Å². The molecule has 1 saturated heterocycles. The average Bonchev–Trinajstić information content (AvgIpc) is 3.01. The maximum atomic E-state index is 14.2. The lowest BCUT2D eigenvalue weighted by molar-refractivity contribution is -0.124. The van der Waals surface area contributed by atoms with E-state index in [1.165, 1.54) is 0 Å². The number of ether oxygens (including phenoxy) is 3. The van der Waals surface area contributed by atoms with Crippen LogP contribution < -0.4 is 9.64 Å². The summed E-state index contributed by atoms with van der Waals surface area (Å²) in [6, 6.07) is 24.2. The normalized spacial score (nSPS) is 18.4. The Hall–Kier alpha value is -4.17. The summed E-state index contributed by atoms with van der Waals surface area (Å²) in [6.07, 6.45) is 1.11. The minimum Gasteiger partial charge on any atom is -0.482 e. The predicted octanol–water partition coefficient (Wildman–Crippen LogP) is 6.27. The molecule has 2 heterocycles. The molecule has 0 aromatic heterocycles. The molecule has 0 unspecified atom stereocenters. The van der Waals surface area contributed by atoms with Gasteiger partial charge in [0.05, 0.1) is 5.69 Å². The van der Waals surface area contributed by atoms with Crippen molar-refractivity contribution in [2.75, 3.05) is 44.9 Å². The van der Waals surface area contributed by atoms with Crippen molar-refractivity contribution in [1.29, 1.82) is 0 Å². The molecule has 0 radical (unpaired) electrons. The van der Waals surface area contributed by atoms with Crippen molar-refractivity contribution in [2.45, 2.75) is 51.6 Å². The lowest BCUT2D eigenvalue weighted by atomic mass is 9.76. The molecule has 232 valence electrons. The summed E-state index contributed by atoms with van der Waals surface area (Å²) in [6.45, 7) is 7.37. The number of methoxy groups -OCH3 is 1. The lowest BCUT2D eigenvalue weighted by Crippen LogP contribution is -2.47. The summed E-state index contributed by atoms with van der Waals surface area (Å²) < 4.78 is 16.5. The Kier molecular flexibility index (Phi) is 9.69. The highest BCUT2D eigenvalue weighted by Crippen LogP contribution is 2.38. The number of carbonyl (C=O) groups excluding carboxylic acids is 3. The third-order valence-electron chi connectivity index (χ3n) is 8.17. The number of nitrogens with zero attached hydrogens (tertiary/aromatic N) is 2. The third-order valence-corrected chi connectivity index (χ3v) is 8.17. The van der Waals surface area contributed by atoms with Crippen molar-refractivity contribution in [2.24, 2.45) is 5.92 Å². The number of anilines is 1. The Labute approximate surface area is 259 Å². The molecule has 0 bridgehead atoms. The summed E-state index contributed by atoms with van der Waals surface area (Å²) in [4.78, 5) is 43.4. The molecule has 8 heteroatoms. The molecule has 44 heavy (non-hydrogen) atoms. The van der Waals surface area contributed by atoms with Gasteiger partial charge in [0, 0.05) is 45.7 Å². The summed E-state index contributed by atoms with van der Waals surface area (Å²) in [7, 11) is 1.64. The second-order valence-corrected chi connectivity index (χ2v) is 12.5. The fourth-order valence-corrected chi connectivity index (χ4v) is 6.05. The number of likely N-dealkylation sites (tertiary alicyclic amines) is 1. The van der Waals surface area contributed by atoms with Gasteiger partial charge >= 0.3 is 6.09 Å². The molecule has 8 nitrogen and oxygen atoms in total. The van der Waals surface area contributed by atoms with Gasteiger partial charge < -0.3 is 24.0 Å². The van der Waals surface area contributed by atoms with Crippen molar-refractivity contribution in [3.05, 3.63) is 83.9 Å². The highest BCUT2D eigenvalue weighted by Gasteiger charge is 2.38. The minimum atomic E-state index is -0.630. The van der Waals surface area contributed by atoms with Crippen LogP contribution >= 0.6 is 0 Å². The minimum absolute atomic E-state index is 0.00937. The molecule has 0 aliphatic carbocycles. The largest absolute Gasteiger partial charge is 0.482 e. The predicted molar refractivity (Wildman–Crippen MR) is 170 cm³/mol. The van der Waals surface area contributed by atoms with Gasteiger partial charge in [0.25, 0.3) is 5.91 Å². The van der Waals surface area contributed by atoms with Gasteiger partial charge in [-0.15, -0.1) is 0 Å². The van der Waals surface area contributed by atoms with Gasteiger partial charge in [0.1, 0.15) is 17.1 Å². The Balaban J connectivity index is 1.41. The second kappa shape index (κ2) is 13.6. The summed E-state index contributed by atoms with van der Waals surface area (Å²) >= 11 is 0. The first kappa shape index (κ1) is 31.3. The van der Waals surface area contributed by atoms with Crippen molar-refractivity contribution in [3.63, 3.8) is 0 Å². The van der Waals surface area contributed by atoms with Crippen LogP contribution in [-0.2, 0) is 25.5 Å². The van der Waals surface area contributed by atoms with Crippen molar-refractivity contribution in [3.8, 4) is 16.9 Å². The highest BCUT2D eigenvalue weighted by molar-refractivity contribution is 5.98. The van der Waals surface area contributed by atoms with Crippen LogP contribution in [-0.4, -0.2) is 68.2 Å². The molecule has 0 spiro atoms. The SMILES string of the molecule is COCCCN1C(=O)COc2ccc(CC(=O)[C@H]3CN(C(=O)OC(C)(C)C)CC[C@@H]3c3cccc(-c4ccccc4)c3)cc21. The van der Waals surface area contributed by atoms with Crippen molar-refractivity contribution in [1.82, 2.24) is 4.90 Å². The zero-order chi connectivity index (χ0) is 31.3. The standard InChI is InChI=1S/C36H42N2O6/c1-36(2,3)44-35(41)37-18-16-29(28-13-8-12-27(22-28)26-10-6-5-7-11-26)30(23-37)32(39)21-25-14-15-33-31(20-25)38(17-9-19-42-4)34(40)24-43-33/h5-8,10-15,20,22,29-30H,9,16-19,21,23-24H2,1-4H3/t29-,30+/m1/s1. The summed E-state index contributed by atoms with van der Waals surface area (Å²) in [5.74, 6) is 0.0764. The van der Waals surface area contributed by atoms with E-state index >= 15 is 0 Å². The maximum Gasteiger partial charge on any atom is 0.410 e. The number of ketones is 1. The third kappa shape index (κ3) is 7.48.